The van der Waals surface area contributed by atoms with Crippen LogP contribution in [0.1, 0.15) is 11.1 Å². The van der Waals surface area contributed by atoms with Crippen molar-refractivity contribution >= 4 is 17.5 Å². The van der Waals surface area contributed by atoms with Gasteiger partial charge in [0.15, 0.2) is 0 Å². The second kappa shape index (κ2) is 7.65. The smallest absolute Gasteiger partial charge is 0.118 e. The molecule has 0 fully saturated rings. The van der Waals surface area contributed by atoms with E-state index in [1.165, 1.54) is 4.90 Å². The zero-order chi connectivity index (χ0) is 15.9. The molecule has 0 bridgehead atoms. The van der Waals surface area contributed by atoms with Crippen LogP contribution in [-0.2, 0) is 4.84 Å². The molecule has 0 aromatic heterocycles. The highest BCUT2D eigenvalue weighted by Gasteiger charge is 2.13. The summed E-state index contributed by atoms with van der Waals surface area (Å²) in [4.78, 5) is 7.45. The SMILES string of the molecule is CO/N=C(\c1ccccc1)c1ccccc1Sc1ccccc1. The number of nitrogens with zero attached hydrogens (tertiary/aromatic N) is 1. The van der Waals surface area contributed by atoms with Crippen molar-refractivity contribution in [2.45, 2.75) is 9.79 Å². The lowest BCUT2D eigenvalue weighted by molar-refractivity contribution is 0.214. The molecule has 0 unspecified atom stereocenters. The largest absolute Gasteiger partial charge is 0.399 e. The third-order valence-corrected chi connectivity index (χ3v) is 4.43. The van der Waals surface area contributed by atoms with Crippen LogP contribution in [0.5, 0.6) is 0 Å². The van der Waals surface area contributed by atoms with Gasteiger partial charge < -0.3 is 4.84 Å². The maximum Gasteiger partial charge on any atom is 0.118 e. The molecule has 0 amide bonds. The Balaban J connectivity index is 2.03. The van der Waals surface area contributed by atoms with Crippen LogP contribution in [0.3, 0.4) is 0 Å². The van der Waals surface area contributed by atoms with Crippen LogP contribution in [0, 0.1) is 0 Å². The molecule has 3 aromatic carbocycles. The molecule has 0 atom stereocenters. The minimum Gasteiger partial charge on any atom is -0.399 e. The lowest BCUT2D eigenvalue weighted by Gasteiger charge is -2.11. The maximum absolute atomic E-state index is 5.10. The standard InChI is InChI=1S/C20H17NOS/c1-22-21-20(16-10-4-2-5-11-16)18-14-8-9-15-19(18)23-17-12-6-3-7-13-17/h2-15H,1H3/b21-20+. The topological polar surface area (TPSA) is 21.6 Å². The molecule has 0 aliphatic heterocycles. The van der Waals surface area contributed by atoms with Crippen LogP contribution in [0.15, 0.2) is 99.9 Å². The van der Waals surface area contributed by atoms with Gasteiger partial charge in [0, 0.05) is 20.9 Å². The molecule has 0 N–H and O–H groups in total. The van der Waals surface area contributed by atoms with Gasteiger partial charge in [-0.25, -0.2) is 0 Å². The molecule has 114 valence electrons. The average molecular weight is 319 g/mol. The van der Waals surface area contributed by atoms with Crippen molar-refractivity contribution in [1.29, 1.82) is 0 Å². The average Bonchev–Trinajstić information content (AvgIpc) is 2.62. The van der Waals surface area contributed by atoms with Gasteiger partial charge in [-0.1, -0.05) is 83.6 Å². The fourth-order valence-electron chi connectivity index (χ4n) is 2.31. The summed E-state index contributed by atoms with van der Waals surface area (Å²) in [6, 6.07) is 28.7. The van der Waals surface area contributed by atoms with Gasteiger partial charge in [0.25, 0.3) is 0 Å². The number of rotatable bonds is 5. The highest BCUT2D eigenvalue weighted by molar-refractivity contribution is 7.99. The third-order valence-electron chi connectivity index (χ3n) is 3.34. The van der Waals surface area contributed by atoms with Gasteiger partial charge in [0.1, 0.15) is 12.8 Å². The van der Waals surface area contributed by atoms with Crippen LogP contribution in [0.25, 0.3) is 0 Å². The Morgan fingerprint density at radius 1 is 0.783 bits per heavy atom. The zero-order valence-corrected chi connectivity index (χ0v) is 13.7. The minimum atomic E-state index is 0.840. The van der Waals surface area contributed by atoms with E-state index < -0.39 is 0 Å². The Morgan fingerprint density at radius 3 is 2.09 bits per heavy atom. The molecular formula is C20H17NOS. The van der Waals surface area contributed by atoms with Gasteiger partial charge in [-0.2, -0.15) is 0 Å². The number of hydrogen-bond acceptors (Lipinski definition) is 3. The Bertz CT molecular complexity index is 785. The van der Waals surface area contributed by atoms with Crippen LogP contribution in [0.4, 0.5) is 0 Å². The first-order valence-electron chi connectivity index (χ1n) is 7.37. The summed E-state index contributed by atoms with van der Waals surface area (Å²) in [7, 11) is 1.58. The highest BCUT2D eigenvalue weighted by Crippen LogP contribution is 2.31. The molecule has 23 heavy (non-hydrogen) atoms. The van der Waals surface area contributed by atoms with Crippen molar-refractivity contribution in [2.75, 3.05) is 7.11 Å². The summed E-state index contributed by atoms with van der Waals surface area (Å²) in [6.45, 7) is 0. The van der Waals surface area contributed by atoms with Gasteiger partial charge in [-0.3, -0.25) is 0 Å². The van der Waals surface area contributed by atoms with Crippen molar-refractivity contribution < 1.29 is 4.84 Å². The molecule has 0 radical (unpaired) electrons. The summed E-state index contributed by atoms with van der Waals surface area (Å²) in [6.07, 6.45) is 0. The fourth-order valence-corrected chi connectivity index (χ4v) is 3.28. The number of hydrogen-bond donors (Lipinski definition) is 0. The second-order valence-electron chi connectivity index (χ2n) is 4.90. The van der Waals surface area contributed by atoms with Gasteiger partial charge in [-0.05, 0) is 18.2 Å². The Morgan fingerprint density at radius 2 is 1.39 bits per heavy atom. The van der Waals surface area contributed by atoms with E-state index >= 15 is 0 Å². The van der Waals surface area contributed by atoms with Gasteiger partial charge >= 0.3 is 0 Å². The van der Waals surface area contributed by atoms with Crippen molar-refractivity contribution in [3.05, 3.63) is 96.1 Å². The summed E-state index contributed by atoms with van der Waals surface area (Å²) in [5.41, 5.74) is 2.94. The Labute approximate surface area is 140 Å². The third kappa shape index (κ3) is 3.82. The molecule has 0 spiro atoms. The predicted octanol–water partition coefficient (Wildman–Crippen LogP) is 5.24. The normalized spacial score (nSPS) is 11.3. The molecular weight excluding hydrogens is 302 g/mol. The summed E-state index contributed by atoms with van der Waals surface area (Å²) in [5, 5.41) is 4.27. The fraction of sp³-hybridized carbons (Fsp3) is 0.0500. The molecule has 3 aromatic rings. The van der Waals surface area contributed by atoms with Crippen molar-refractivity contribution in [3.8, 4) is 0 Å². The van der Waals surface area contributed by atoms with E-state index in [0.717, 1.165) is 21.7 Å². The van der Waals surface area contributed by atoms with Crippen molar-refractivity contribution in [3.63, 3.8) is 0 Å². The monoisotopic (exact) mass is 319 g/mol. The first kappa shape index (κ1) is 15.4. The van der Waals surface area contributed by atoms with E-state index in [4.69, 9.17) is 4.84 Å². The molecule has 0 saturated heterocycles. The van der Waals surface area contributed by atoms with E-state index in [2.05, 4.69) is 29.4 Å². The lowest BCUT2D eigenvalue weighted by Crippen LogP contribution is -2.05. The molecule has 2 nitrogen and oxygen atoms in total. The first-order chi connectivity index (χ1) is 11.4. The maximum atomic E-state index is 5.10. The lowest BCUT2D eigenvalue weighted by atomic mass is 10.0. The van der Waals surface area contributed by atoms with Gasteiger partial charge in [-0.15, -0.1) is 0 Å². The van der Waals surface area contributed by atoms with E-state index in [1.54, 1.807) is 18.9 Å². The summed E-state index contributed by atoms with van der Waals surface area (Å²) >= 11 is 1.73. The Hall–Kier alpha value is -2.52. The van der Waals surface area contributed by atoms with Gasteiger partial charge in [0.2, 0.25) is 0 Å². The molecule has 3 rings (SSSR count). The quantitative estimate of drug-likeness (QED) is 0.474. The summed E-state index contributed by atoms with van der Waals surface area (Å²) in [5.74, 6) is 0. The predicted molar refractivity (Wildman–Crippen MR) is 96.1 cm³/mol. The van der Waals surface area contributed by atoms with E-state index in [1.807, 2.05) is 60.7 Å². The van der Waals surface area contributed by atoms with Crippen LogP contribution < -0.4 is 0 Å². The zero-order valence-electron chi connectivity index (χ0n) is 12.8. The van der Waals surface area contributed by atoms with Crippen LogP contribution >= 0.6 is 11.8 Å². The van der Waals surface area contributed by atoms with E-state index in [-0.39, 0.29) is 0 Å². The number of benzene rings is 3. The molecule has 0 aliphatic rings. The Kier molecular flexibility index (Phi) is 5.12. The summed E-state index contributed by atoms with van der Waals surface area (Å²) < 4.78 is 0. The number of oxime groups is 1. The van der Waals surface area contributed by atoms with Crippen molar-refractivity contribution in [2.24, 2.45) is 5.16 Å². The molecule has 0 saturated carbocycles. The minimum absolute atomic E-state index is 0.840. The van der Waals surface area contributed by atoms with E-state index in [0.29, 0.717) is 0 Å². The van der Waals surface area contributed by atoms with Crippen LogP contribution in [0.2, 0.25) is 0 Å². The molecule has 0 heterocycles. The van der Waals surface area contributed by atoms with Gasteiger partial charge in [0.05, 0.1) is 0 Å². The first-order valence-corrected chi connectivity index (χ1v) is 8.19. The van der Waals surface area contributed by atoms with Crippen LogP contribution in [-0.4, -0.2) is 12.8 Å². The highest BCUT2D eigenvalue weighted by atomic mass is 32.2. The molecule has 3 heteroatoms. The second-order valence-corrected chi connectivity index (χ2v) is 6.02. The molecule has 0 aliphatic carbocycles. The van der Waals surface area contributed by atoms with Crippen molar-refractivity contribution in [1.82, 2.24) is 0 Å². The van der Waals surface area contributed by atoms with E-state index in [9.17, 15) is 0 Å².